The molecule has 4 heteroatoms. The molecule has 4 nitrogen and oxygen atoms in total. The van der Waals surface area contributed by atoms with Crippen LogP contribution in [0, 0.1) is 0 Å². The van der Waals surface area contributed by atoms with Crippen LogP contribution < -0.4 is 5.73 Å². The van der Waals surface area contributed by atoms with Gasteiger partial charge in [0.25, 0.3) is 0 Å². The van der Waals surface area contributed by atoms with Gasteiger partial charge in [0.05, 0.1) is 5.92 Å². The van der Waals surface area contributed by atoms with Crippen molar-refractivity contribution >= 4 is 0 Å². The lowest BCUT2D eigenvalue weighted by Crippen LogP contribution is -2.11. The maximum Gasteiger partial charge on any atom is 0.231 e. The third-order valence-electron chi connectivity index (χ3n) is 2.82. The van der Waals surface area contributed by atoms with E-state index >= 15 is 0 Å². The molecule has 2 rings (SSSR count). The van der Waals surface area contributed by atoms with Crippen LogP contribution in [0.4, 0.5) is 0 Å². The topological polar surface area (TPSA) is 64.9 Å². The lowest BCUT2D eigenvalue weighted by Gasteiger charge is -2.04. The molecule has 2 aromatic rings. The van der Waals surface area contributed by atoms with Gasteiger partial charge >= 0.3 is 0 Å². The molecule has 1 aromatic carbocycles. The second kappa shape index (κ2) is 5.59. The molecule has 0 saturated heterocycles. The van der Waals surface area contributed by atoms with Crippen molar-refractivity contribution in [3.8, 4) is 0 Å². The summed E-state index contributed by atoms with van der Waals surface area (Å²) >= 11 is 0. The summed E-state index contributed by atoms with van der Waals surface area (Å²) < 4.78 is 5.24. The smallest absolute Gasteiger partial charge is 0.231 e. The molecule has 0 spiro atoms. The maximum atomic E-state index is 5.65. The van der Waals surface area contributed by atoms with E-state index in [1.54, 1.807) is 0 Å². The van der Waals surface area contributed by atoms with Crippen molar-refractivity contribution in [1.29, 1.82) is 0 Å². The molecule has 0 aliphatic heterocycles. The molecular formula is C13H17N3O. The molecular weight excluding hydrogens is 214 g/mol. The number of aromatic nitrogens is 2. The highest BCUT2D eigenvalue weighted by Crippen LogP contribution is 2.16. The van der Waals surface area contributed by atoms with Gasteiger partial charge in [0, 0.05) is 13.0 Å². The number of benzene rings is 1. The number of nitrogens with two attached hydrogens (primary N) is 1. The van der Waals surface area contributed by atoms with Gasteiger partial charge in [-0.05, 0) is 12.0 Å². The van der Waals surface area contributed by atoms with Gasteiger partial charge in [0.15, 0.2) is 5.82 Å². The van der Waals surface area contributed by atoms with Crippen LogP contribution in [-0.4, -0.2) is 16.7 Å². The molecule has 0 amide bonds. The highest BCUT2D eigenvalue weighted by molar-refractivity contribution is 5.18. The fourth-order valence-electron chi connectivity index (χ4n) is 1.73. The van der Waals surface area contributed by atoms with Crippen molar-refractivity contribution in [1.82, 2.24) is 10.1 Å². The van der Waals surface area contributed by atoms with Gasteiger partial charge in [0.2, 0.25) is 5.89 Å². The van der Waals surface area contributed by atoms with Gasteiger partial charge in [0.1, 0.15) is 0 Å². The largest absolute Gasteiger partial charge is 0.339 e. The predicted molar refractivity (Wildman–Crippen MR) is 65.6 cm³/mol. The first-order chi connectivity index (χ1) is 8.33. The van der Waals surface area contributed by atoms with E-state index in [0.29, 0.717) is 18.9 Å². The zero-order chi connectivity index (χ0) is 12.1. The molecule has 1 heterocycles. The Balaban J connectivity index is 2.08. The summed E-state index contributed by atoms with van der Waals surface area (Å²) in [4.78, 5) is 4.39. The highest BCUT2D eigenvalue weighted by Gasteiger charge is 2.15. The summed E-state index contributed by atoms with van der Waals surface area (Å²) in [5.74, 6) is 1.55. The van der Waals surface area contributed by atoms with E-state index in [1.165, 1.54) is 5.56 Å². The summed E-state index contributed by atoms with van der Waals surface area (Å²) in [6, 6.07) is 10.1. The van der Waals surface area contributed by atoms with E-state index < -0.39 is 0 Å². The predicted octanol–water partition coefficient (Wildman–Crippen LogP) is 2.11. The lowest BCUT2D eigenvalue weighted by atomic mass is 10.1. The minimum atomic E-state index is 0.173. The van der Waals surface area contributed by atoms with Crippen LogP contribution in [0.15, 0.2) is 34.9 Å². The van der Waals surface area contributed by atoms with E-state index in [0.717, 1.165) is 12.2 Å². The summed E-state index contributed by atoms with van der Waals surface area (Å²) in [5, 5.41) is 3.99. The molecule has 90 valence electrons. The number of nitrogens with zero attached hydrogens (tertiary/aromatic N) is 2. The molecule has 0 aliphatic carbocycles. The van der Waals surface area contributed by atoms with Crippen molar-refractivity contribution < 1.29 is 4.52 Å². The Kier molecular flexibility index (Phi) is 3.88. The summed E-state index contributed by atoms with van der Waals surface area (Å²) in [5.41, 5.74) is 6.83. The van der Waals surface area contributed by atoms with Gasteiger partial charge in [-0.15, -0.1) is 0 Å². The number of hydrogen-bond acceptors (Lipinski definition) is 4. The lowest BCUT2D eigenvalue weighted by molar-refractivity contribution is 0.348. The maximum absolute atomic E-state index is 5.65. The summed E-state index contributed by atoms with van der Waals surface area (Å²) in [7, 11) is 0. The SMILES string of the molecule is CCC(CN)c1nc(Cc2ccccc2)no1. The monoisotopic (exact) mass is 231 g/mol. The second-order valence-electron chi connectivity index (χ2n) is 4.05. The van der Waals surface area contributed by atoms with Crippen LogP contribution >= 0.6 is 0 Å². The first-order valence-corrected chi connectivity index (χ1v) is 5.90. The molecule has 1 unspecified atom stereocenters. The fourth-order valence-corrected chi connectivity index (χ4v) is 1.73. The van der Waals surface area contributed by atoms with E-state index in [-0.39, 0.29) is 5.92 Å². The van der Waals surface area contributed by atoms with Crippen molar-refractivity contribution in [3.63, 3.8) is 0 Å². The van der Waals surface area contributed by atoms with Crippen LogP contribution in [0.3, 0.4) is 0 Å². The van der Waals surface area contributed by atoms with Gasteiger partial charge in [-0.3, -0.25) is 0 Å². The molecule has 2 N–H and O–H groups in total. The molecule has 0 aliphatic rings. The van der Waals surface area contributed by atoms with Gasteiger partial charge in [-0.2, -0.15) is 4.98 Å². The normalized spacial score (nSPS) is 12.6. The Hall–Kier alpha value is -1.68. The zero-order valence-electron chi connectivity index (χ0n) is 9.97. The Morgan fingerprint density at radius 1 is 1.29 bits per heavy atom. The third-order valence-corrected chi connectivity index (χ3v) is 2.82. The number of hydrogen-bond donors (Lipinski definition) is 1. The number of rotatable bonds is 5. The minimum absolute atomic E-state index is 0.173. The zero-order valence-corrected chi connectivity index (χ0v) is 9.97. The van der Waals surface area contributed by atoms with E-state index in [1.807, 2.05) is 18.2 Å². The van der Waals surface area contributed by atoms with Crippen LogP contribution in [0.2, 0.25) is 0 Å². The Bertz CT molecular complexity index is 449. The standard InChI is InChI=1S/C13H17N3O/c1-2-11(9-14)13-15-12(16-17-13)8-10-6-4-3-5-7-10/h3-7,11H,2,8-9,14H2,1H3. The third kappa shape index (κ3) is 2.91. The van der Waals surface area contributed by atoms with E-state index in [2.05, 4.69) is 29.2 Å². The summed E-state index contributed by atoms with van der Waals surface area (Å²) in [6.45, 7) is 2.61. The molecule has 1 aromatic heterocycles. The first-order valence-electron chi connectivity index (χ1n) is 5.90. The van der Waals surface area contributed by atoms with E-state index in [4.69, 9.17) is 10.3 Å². The van der Waals surface area contributed by atoms with Gasteiger partial charge in [-0.25, -0.2) is 0 Å². The molecule has 1 atom stereocenters. The fraction of sp³-hybridized carbons (Fsp3) is 0.385. The summed E-state index contributed by atoms with van der Waals surface area (Å²) in [6.07, 6.45) is 1.62. The molecule has 0 saturated carbocycles. The first kappa shape index (κ1) is 11.8. The average Bonchev–Trinajstić information content (AvgIpc) is 2.81. The van der Waals surface area contributed by atoms with Crippen molar-refractivity contribution in [2.75, 3.05) is 6.54 Å². The average molecular weight is 231 g/mol. The van der Waals surface area contributed by atoms with Crippen molar-refractivity contribution in [2.45, 2.75) is 25.7 Å². The Morgan fingerprint density at radius 2 is 2.06 bits per heavy atom. The van der Waals surface area contributed by atoms with Gasteiger partial charge < -0.3 is 10.3 Å². The van der Waals surface area contributed by atoms with Crippen molar-refractivity contribution in [3.05, 3.63) is 47.6 Å². The van der Waals surface area contributed by atoms with Crippen LogP contribution in [0.1, 0.15) is 36.5 Å². The quantitative estimate of drug-likeness (QED) is 0.856. The molecule has 17 heavy (non-hydrogen) atoms. The van der Waals surface area contributed by atoms with Crippen molar-refractivity contribution in [2.24, 2.45) is 5.73 Å². The minimum Gasteiger partial charge on any atom is -0.339 e. The molecule has 0 radical (unpaired) electrons. The Morgan fingerprint density at radius 3 is 2.71 bits per heavy atom. The molecule has 0 fully saturated rings. The molecule has 0 bridgehead atoms. The van der Waals surface area contributed by atoms with Gasteiger partial charge in [-0.1, -0.05) is 42.4 Å². The Labute approximate surface area is 101 Å². The van der Waals surface area contributed by atoms with Crippen LogP contribution in [-0.2, 0) is 6.42 Å². The van der Waals surface area contributed by atoms with E-state index in [9.17, 15) is 0 Å². The second-order valence-corrected chi connectivity index (χ2v) is 4.05. The highest BCUT2D eigenvalue weighted by atomic mass is 16.5. The van der Waals surface area contributed by atoms with Crippen LogP contribution in [0.25, 0.3) is 0 Å². The van der Waals surface area contributed by atoms with Crippen LogP contribution in [0.5, 0.6) is 0 Å².